The van der Waals surface area contributed by atoms with Gasteiger partial charge in [0.1, 0.15) is 15.6 Å². The molecule has 0 saturated heterocycles. The Morgan fingerprint density at radius 2 is 1.92 bits per heavy atom. The van der Waals surface area contributed by atoms with Crippen molar-refractivity contribution in [1.82, 2.24) is 15.8 Å². The number of hydrogen-bond acceptors (Lipinski definition) is 5. The first kappa shape index (κ1) is 16.9. The molecular weight excluding hydrogens is 338 g/mol. The summed E-state index contributed by atoms with van der Waals surface area (Å²) in [4.78, 5) is 29.0. The van der Waals surface area contributed by atoms with Crippen molar-refractivity contribution in [3.63, 3.8) is 0 Å². The van der Waals surface area contributed by atoms with Gasteiger partial charge in [-0.25, -0.2) is 4.98 Å². The van der Waals surface area contributed by atoms with Crippen LogP contribution in [0, 0.1) is 6.92 Å². The van der Waals surface area contributed by atoms with Gasteiger partial charge in [0.15, 0.2) is 0 Å². The van der Waals surface area contributed by atoms with Crippen LogP contribution in [0.5, 0.6) is 0 Å². The number of aromatic nitrogens is 1. The van der Waals surface area contributed by atoms with Crippen molar-refractivity contribution < 1.29 is 14.0 Å². The number of carbonyl (C=O) groups excluding carboxylic acids is 2. The molecule has 0 unspecified atom stereocenters. The molecule has 0 aliphatic heterocycles. The highest BCUT2D eigenvalue weighted by Crippen LogP contribution is 2.27. The van der Waals surface area contributed by atoms with Crippen LogP contribution in [0.4, 0.5) is 0 Å². The fraction of sp³-hybridized carbons (Fsp3) is 0.167. The molecule has 0 radical (unpaired) electrons. The van der Waals surface area contributed by atoms with Crippen molar-refractivity contribution in [3.8, 4) is 10.6 Å². The van der Waals surface area contributed by atoms with E-state index in [1.807, 2.05) is 30.3 Å². The van der Waals surface area contributed by atoms with E-state index in [-0.39, 0.29) is 18.2 Å². The second kappa shape index (κ2) is 7.76. The summed E-state index contributed by atoms with van der Waals surface area (Å²) in [5.74, 6) is 0.0750. The van der Waals surface area contributed by atoms with E-state index in [1.54, 1.807) is 25.3 Å². The number of nitrogens with one attached hydrogen (secondary N) is 2. The largest absolute Gasteiger partial charge is 0.469 e. The van der Waals surface area contributed by atoms with Gasteiger partial charge in [-0.3, -0.25) is 20.4 Å². The fourth-order valence-corrected chi connectivity index (χ4v) is 3.22. The van der Waals surface area contributed by atoms with Gasteiger partial charge in [-0.2, -0.15) is 0 Å². The lowest BCUT2D eigenvalue weighted by Crippen LogP contribution is -2.41. The number of furan rings is 1. The third-order valence-electron chi connectivity index (χ3n) is 3.52. The first-order chi connectivity index (χ1) is 12.1. The minimum Gasteiger partial charge on any atom is -0.469 e. The van der Waals surface area contributed by atoms with Crippen molar-refractivity contribution in [2.75, 3.05) is 0 Å². The topological polar surface area (TPSA) is 84.2 Å². The van der Waals surface area contributed by atoms with Gasteiger partial charge in [0, 0.05) is 18.4 Å². The Morgan fingerprint density at radius 1 is 1.12 bits per heavy atom. The monoisotopic (exact) mass is 355 g/mol. The van der Waals surface area contributed by atoms with Crippen LogP contribution in [-0.2, 0) is 11.2 Å². The average molecular weight is 355 g/mol. The SMILES string of the molecule is Cc1nc(-c2ccccc2)sc1C(=O)NNC(=O)CCc1ccco1. The number of hydrazine groups is 1. The second-order valence-corrected chi connectivity index (χ2v) is 6.38. The van der Waals surface area contributed by atoms with Gasteiger partial charge in [0.05, 0.1) is 12.0 Å². The van der Waals surface area contributed by atoms with E-state index in [9.17, 15) is 9.59 Å². The Labute approximate surface area is 148 Å². The number of amides is 2. The molecule has 25 heavy (non-hydrogen) atoms. The maximum Gasteiger partial charge on any atom is 0.281 e. The Bertz CT molecular complexity index is 857. The molecular formula is C18H17N3O3S. The van der Waals surface area contributed by atoms with E-state index in [2.05, 4.69) is 15.8 Å². The Morgan fingerprint density at radius 3 is 2.64 bits per heavy atom. The van der Waals surface area contributed by atoms with Gasteiger partial charge in [0.2, 0.25) is 5.91 Å². The molecule has 0 aliphatic rings. The number of nitrogens with zero attached hydrogens (tertiary/aromatic N) is 1. The van der Waals surface area contributed by atoms with E-state index in [1.165, 1.54) is 11.3 Å². The number of thiazole rings is 1. The zero-order valence-corrected chi connectivity index (χ0v) is 14.4. The molecule has 2 heterocycles. The number of benzene rings is 1. The number of aryl methyl sites for hydroxylation is 2. The maximum absolute atomic E-state index is 12.3. The molecule has 3 rings (SSSR count). The van der Waals surface area contributed by atoms with Crippen LogP contribution in [0.25, 0.3) is 10.6 Å². The predicted octanol–water partition coefficient (Wildman–Crippen LogP) is 3.11. The van der Waals surface area contributed by atoms with E-state index in [4.69, 9.17) is 4.42 Å². The molecule has 0 aliphatic carbocycles. The highest BCUT2D eigenvalue weighted by atomic mass is 32.1. The number of rotatable bonds is 5. The smallest absolute Gasteiger partial charge is 0.281 e. The summed E-state index contributed by atoms with van der Waals surface area (Å²) in [5, 5.41) is 0.771. The lowest BCUT2D eigenvalue weighted by atomic mass is 10.2. The summed E-state index contributed by atoms with van der Waals surface area (Å²) in [6, 6.07) is 13.2. The summed E-state index contributed by atoms with van der Waals surface area (Å²) in [7, 11) is 0. The molecule has 0 atom stereocenters. The normalized spacial score (nSPS) is 10.4. The highest BCUT2D eigenvalue weighted by molar-refractivity contribution is 7.17. The predicted molar refractivity (Wildman–Crippen MR) is 94.9 cm³/mol. The molecule has 0 spiro atoms. The van der Waals surface area contributed by atoms with E-state index >= 15 is 0 Å². The van der Waals surface area contributed by atoms with Crippen LogP contribution in [0.15, 0.2) is 53.1 Å². The molecule has 128 valence electrons. The minimum absolute atomic E-state index is 0.227. The summed E-state index contributed by atoms with van der Waals surface area (Å²) >= 11 is 1.29. The molecule has 3 aromatic rings. The van der Waals surface area contributed by atoms with Gasteiger partial charge in [-0.05, 0) is 19.1 Å². The lowest BCUT2D eigenvalue weighted by molar-refractivity contribution is -0.121. The van der Waals surface area contributed by atoms with Crippen molar-refractivity contribution in [1.29, 1.82) is 0 Å². The average Bonchev–Trinajstić information content (AvgIpc) is 3.28. The first-order valence-corrected chi connectivity index (χ1v) is 8.59. The summed E-state index contributed by atoms with van der Waals surface area (Å²) < 4.78 is 5.17. The van der Waals surface area contributed by atoms with Crippen LogP contribution >= 0.6 is 11.3 Å². The summed E-state index contributed by atoms with van der Waals surface area (Å²) in [6.07, 6.45) is 2.27. The van der Waals surface area contributed by atoms with Crippen molar-refractivity contribution >= 4 is 23.2 Å². The quantitative estimate of drug-likeness (QED) is 0.689. The van der Waals surface area contributed by atoms with Crippen LogP contribution in [0.3, 0.4) is 0 Å². The Kier molecular flexibility index (Phi) is 5.25. The third kappa shape index (κ3) is 4.33. The van der Waals surface area contributed by atoms with Crippen molar-refractivity contribution in [3.05, 3.63) is 65.1 Å². The molecule has 2 aromatic heterocycles. The Hall–Kier alpha value is -2.93. The number of carbonyl (C=O) groups is 2. The molecule has 7 heteroatoms. The van der Waals surface area contributed by atoms with E-state index in [0.29, 0.717) is 17.0 Å². The molecule has 2 N–H and O–H groups in total. The fourth-order valence-electron chi connectivity index (χ4n) is 2.25. The molecule has 2 amide bonds. The minimum atomic E-state index is -0.372. The number of hydrogen-bond donors (Lipinski definition) is 2. The van der Waals surface area contributed by atoms with Crippen LogP contribution in [0.1, 0.15) is 27.5 Å². The highest BCUT2D eigenvalue weighted by Gasteiger charge is 2.16. The van der Waals surface area contributed by atoms with E-state index < -0.39 is 0 Å². The van der Waals surface area contributed by atoms with Crippen LogP contribution in [-0.4, -0.2) is 16.8 Å². The first-order valence-electron chi connectivity index (χ1n) is 7.78. The summed E-state index contributed by atoms with van der Waals surface area (Å²) in [5.41, 5.74) is 6.44. The van der Waals surface area contributed by atoms with Crippen molar-refractivity contribution in [2.45, 2.75) is 19.8 Å². The lowest BCUT2D eigenvalue weighted by Gasteiger charge is -2.05. The molecule has 6 nitrogen and oxygen atoms in total. The van der Waals surface area contributed by atoms with Gasteiger partial charge in [-0.15, -0.1) is 11.3 Å². The van der Waals surface area contributed by atoms with Gasteiger partial charge < -0.3 is 4.42 Å². The van der Waals surface area contributed by atoms with Crippen LogP contribution < -0.4 is 10.9 Å². The van der Waals surface area contributed by atoms with Crippen molar-refractivity contribution in [2.24, 2.45) is 0 Å². The zero-order chi connectivity index (χ0) is 17.6. The standard InChI is InChI=1S/C18H17N3O3S/c1-12-16(25-18(19-12)13-6-3-2-4-7-13)17(23)21-20-15(22)10-9-14-8-5-11-24-14/h2-8,11H,9-10H2,1H3,(H,20,22)(H,21,23). The molecule has 1 aromatic carbocycles. The second-order valence-electron chi connectivity index (χ2n) is 5.38. The Balaban J connectivity index is 1.56. The van der Waals surface area contributed by atoms with Gasteiger partial charge in [0.25, 0.3) is 5.91 Å². The molecule has 0 saturated carbocycles. The summed E-state index contributed by atoms with van der Waals surface area (Å²) in [6.45, 7) is 1.77. The molecule has 0 fully saturated rings. The molecule has 0 bridgehead atoms. The van der Waals surface area contributed by atoms with Crippen LogP contribution in [0.2, 0.25) is 0 Å². The van der Waals surface area contributed by atoms with Gasteiger partial charge in [-0.1, -0.05) is 30.3 Å². The zero-order valence-electron chi connectivity index (χ0n) is 13.6. The maximum atomic E-state index is 12.3. The third-order valence-corrected chi connectivity index (χ3v) is 4.72. The van der Waals surface area contributed by atoms with Gasteiger partial charge >= 0.3 is 0 Å². The van der Waals surface area contributed by atoms with E-state index in [0.717, 1.165) is 16.3 Å².